The minimum absolute atomic E-state index is 0.0323. The zero-order chi connectivity index (χ0) is 17.8. The average molecular weight is 332 g/mol. The summed E-state index contributed by atoms with van der Waals surface area (Å²) in [4.78, 5) is 17.2. The van der Waals surface area contributed by atoms with Crippen molar-refractivity contribution in [3.63, 3.8) is 0 Å². The number of aliphatic hydroxyl groups is 1. The normalized spacial score (nSPS) is 18.0. The van der Waals surface area contributed by atoms with Crippen LogP contribution in [0.5, 0.6) is 0 Å². The molecule has 0 aromatic carbocycles. The Labute approximate surface area is 134 Å². The largest absolute Gasteiger partial charge is 0.433 e. The summed E-state index contributed by atoms with van der Waals surface area (Å²) in [5.41, 5.74) is -0.861. The highest BCUT2D eigenvalue weighted by atomic mass is 19.4. The summed E-state index contributed by atoms with van der Waals surface area (Å²) in [6.07, 6.45) is -4.76. The number of carbonyl (C=O) groups excluding carboxylic acids is 1. The second-order valence-electron chi connectivity index (χ2n) is 5.51. The monoisotopic (exact) mass is 332 g/mol. The van der Waals surface area contributed by atoms with E-state index in [4.69, 9.17) is 0 Å². The van der Waals surface area contributed by atoms with Crippen LogP contribution in [0.2, 0.25) is 0 Å². The number of amides is 1. The molecule has 23 heavy (non-hydrogen) atoms. The Morgan fingerprint density at radius 3 is 2.39 bits per heavy atom. The van der Waals surface area contributed by atoms with Crippen LogP contribution in [-0.2, 0) is 6.18 Å². The molecule has 0 saturated carbocycles. The highest BCUT2D eigenvalue weighted by Crippen LogP contribution is 2.30. The number of likely N-dealkylation sites (tertiary alicyclic amines) is 1. The Bertz CT molecular complexity index is 545. The number of halogens is 3. The van der Waals surface area contributed by atoms with Crippen LogP contribution in [0.4, 0.5) is 13.2 Å². The van der Waals surface area contributed by atoms with E-state index in [0.717, 1.165) is 6.07 Å². The van der Waals surface area contributed by atoms with Crippen LogP contribution >= 0.6 is 0 Å². The molecule has 0 bridgehead atoms. The van der Waals surface area contributed by atoms with Gasteiger partial charge in [0.2, 0.25) is 0 Å². The van der Waals surface area contributed by atoms with Crippen LogP contribution in [0.15, 0.2) is 12.1 Å². The summed E-state index contributed by atoms with van der Waals surface area (Å²) in [5, 5.41) is 9.44. The Kier molecular flexibility index (Phi) is 6.56. The van der Waals surface area contributed by atoms with Crippen molar-refractivity contribution in [1.29, 1.82) is 0 Å². The summed E-state index contributed by atoms with van der Waals surface area (Å²) < 4.78 is 38.7. The lowest BCUT2D eigenvalue weighted by Crippen LogP contribution is -2.30. The molecular formula is C16H23F3N2O2. The van der Waals surface area contributed by atoms with Gasteiger partial charge in [0.25, 0.3) is 5.91 Å². The highest BCUT2D eigenvalue weighted by Gasteiger charge is 2.35. The van der Waals surface area contributed by atoms with E-state index in [1.807, 2.05) is 13.8 Å². The van der Waals surface area contributed by atoms with E-state index in [9.17, 15) is 23.1 Å². The molecule has 2 heterocycles. The topological polar surface area (TPSA) is 53.4 Å². The standard InChI is InChI=1S/C14H17F3N2O2.C2H6/c1-8(2)11-5-9(6-12(18-11)14(15,16)17)13(21)19-4-3-10(20)7-19;1-2/h5-6,8,10,20H,3-4,7H2,1-2H3;1-2H3. The summed E-state index contributed by atoms with van der Waals surface area (Å²) in [6.45, 7) is 7.94. The second-order valence-corrected chi connectivity index (χ2v) is 5.51. The van der Waals surface area contributed by atoms with E-state index < -0.39 is 23.9 Å². The maximum absolute atomic E-state index is 12.9. The number of aromatic nitrogens is 1. The molecule has 4 nitrogen and oxygen atoms in total. The van der Waals surface area contributed by atoms with E-state index in [1.54, 1.807) is 13.8 Å². The van der Waals surface area contributed by atoms with Crippen molar-refractivity contribution in [3.8, 4) is 0 Å². The van der Waals surface area contributed by atoms with Crippen molar-refractivity contribution in [2.75, 3.05) is 13.1 Å². The van der Waals surface area contributed by atoms with Gasteiger partial charge in [-0.15, -0.1) is 0 Å². The summed E-state index contributed by atoms with van der Waals surface area (Å²) >= 11 is 0. The number of rotatable bonds is 2. The number of hydrogen-bond donors (Lipinski definition) is 1. The maximum atomic E-state index is 12.9. The molecule has 1 atom stereocenters. The molecule has 0 radical (unpaired) electrons. The number of hydrogen-bond acceptors (Lipinski definition) is 3. The van der Waals surface area contributed by atoms with Crippen LogP contribution in [0, 0.1) is 0 Å². The molecule has 1 unspecified atom stereocenters. The quantitative estimate of drug-likeness (QED) is 0.902. The molecule has 1 aliphatic heterocycles. The predicted molar refractivity (Wildman–Crippen MR) is 81.2 cm³/mol. The number of pyridine rings is 1. The van der Waals surface area contributed by atoms with Crippen LogP contribution in [-0.4, -0.2) is 40.1 Å². The number of β-amino-alcohol motifs (C(OH)–C–C–N with tert-alkyl or cyclic N) is 1. The van der Waals surface area contributed by atoms with Gasteiger partial charge >= 0.3 is 6.18 Å². The molecule has 1 N–H and O–H groups in total. The lowest BCUT2D eigenvalue weighted by Gasteiger charge is -2.18. The van der Waals surface area contributed by atoms with Gasteiger partial charge in [0.1, 0.15) is 5.69 Å². The van der Waals surface area contributed by atoms with Gasteiger partial charge in [-0.2, -0.15) is 13.2 Å². The molecule has 2 rings (SSSR count). The zero-order valence-electron chi connectivity index (χ0n) is 13.8. The predicted octanol–water partition coefficient (Wildman–Crippen LogP) is 3.46. The molecule has 1 fully saturated rings. The van der Waals surface area contributed by atoms with E-state index in [1.165, 1.54) is 11.0 Å². The van der Waals surface area contributed by atoms with Crippen LogP contribution < -0.4 is 0 Å². The van der Waals surface area contributed by atoms with Crippen molar-refractivity contribution >= 4 is 5.91 Å². The van der Waals surface area contributed by atoms with Crippen molar-refractivity contribution in [1.82, 2.24) is 9.88 Å². The first-order chi connectivity index (χ1) is 10.7. The molecule has 130 valence electrons. The average Bonchev–Trinajstić information content (AvgIpc) is 2.93. The third-order valence-electron chi connectivity index (χ3n) is 3.42. The molecule has 1 aromatic heterocycles. The summed E-state index contributed by atoms with van der Waals surface area (Å²) in [7, 11) is 0. The smallest absolute Gasteiger partial charge is 0.391 e. The SMILES string of the molecule is CC.CC(C)c1cc(C(=O)N2CCC(O)C2)cc(C(F)(F)F)n1. The minimum atomic E-state index is -4.59. The van der Waals surface area contributed by atoms with Gasteiger partial charge in [-0.1, -0.05) is 27.7 Å². The molecular weight excluding hydrogens is 309 g/mol. The fraction of sp³-hybridized carbons (Fsp3) is 0.625. The molecule has 1 aliphatic rings. The Morgan fingerprint density at radius 2 is 1.96 bits per heavy atom. The number of carbonyl (C=O) groups is 1. The molecule has 0 aliphatic carbocycles. The van der Waals surface area contributed by atoms with Gasteiger partial charge in [0, 0.05) is 24.3 Å². The van der Waals surface area contributed by atoms with Crippen LogP contribution in [0.25, 0.3) is 0 Å². The van der Waals surface area contributed by atoms with Gasteiger partial charge in [-0.25, -0.2) is 4.98 Å². The fourth-order valence-corrected chi connectivity index (χ4v) is 2.23. The van der Waals surface area contributed by atoms with Crippen molar-refractivity contribution < 1.29 is 23.1 Å². The number of aliphatic hydroxyl groups excluding tert-OH is 1. The first-order valence-corrected chi connectivity index (χ1v) is 7.75. The molecule has 0 spiro atoms. The molecule has 1 aromatic rings. The van der Waals surface area contributed by atoms with Crippen molar-refractivity contribution in [2.45, 2.75) is 52.3 Å². The van der Waals surface area contributed by atoms with Gasteiger partial charge in [0.05, 0.1) is 6.10 Å². The van der Waals surface area contributed by atoms with Crippen molar-refractivity contribution in [2.24, 2.45) is 0 Å². The zero-order valence-corrected chi connectivity index (χ0v) is 13.8. The molecule has 7 heteroatoms. The van der Waals surface area contributed by atoms with Gasteiger partial charge in [0.15, 0.2) is 0 Å². The Morgan fingerprint density at radius 1 is 1.35 bits per heavy atom. The van der Waals surface area contributed by atoms with E-state index in [-0.39, 0.29) is 23.7 Å². The first kappa shape index (κ1) is 19.4. The maximum Gasteiger partial charge on any atom is 0.433 e. The summed E-state index contributed by atoms with van der Waals surface area (Å²) in [6, 6.07) is 2.17. The Balaban J connectivity index is 0.00000127. The van der Waals surface area contributed by atoms with Crippen LogP contribution in [0.3, 0.4) is 0 Å². The first-order valence-electron chi connectivity index (χ1n) is 7.75. The second kappa shape index (κ2) is 7.77. The third kappa shape index (κ3) is 4.92. The lowest BCUT2D eigenvalue weighted by atomic mass is 10.1. The van der Waals surface area contributed by atoms with Gasteiger partial charge in [-0.05, 0) is 24.5 Å². The number of alkyl halides is 3. The fourth-order valence-electron chi connectivity index (χ4n) is 2.23. The minimum Gasteiger partial charge on any atom is -0.391 e. The molecule has 1 amide bonds. The van der Waals surface area contributed by atoms with E-state index in [0.29, 0.717) is 13.0 Å². The van der Waals surface area contributed by atoms with Crippen molar-refractivity contribution in [3.05, 3.63) is 29.1 Å². The Hall–Kier alpha value is -1.63. The summed E-state index contributed by atoms with van der Waals surface area (Å²) in [5.74, 6) is -0.718. The van der Waals surface area contributed by atoms with E-state index >= 15 is 0 Å². The number of nitrogens with zero attached hydrogens (tertiary/aromatic N) is 2. The van der Waals surface area contributed by atoms with E-state index in [2.05, 4.69) is 4.98 Å². The van der Waals surface area contributed by atoms with Crippen LogP contribution in [0.1, 0.15) is 61.8 Å². The lowest BCUT2D eigenvalue weighted by molar-refractivity contribution is -0.141. The highest BCUT2D eigenvalue weighted by molar-refractivity contribution is 5.94. The van der Waals surface area contributed by atoms with Gasteiger partial charge < -0.3 is 10.0 Å². The third-order valence-corrected chi connectivity index (χ3v) is 3.42. The molecule has 1 saturated heterocycles. The van der Waals surface area contributed by atoms with Gasteiger partial charge in [-0.3, -0.25) is 4.79 Å².